The van der Waals surface area contributed by atoms with E-state index in [0.717, 1.165) is 18.9 Å². The third-order valence-electron chi connectivity index (χ3n) is 4.23. The molecule has 174 valence electrons. The predicted octanol–water partition coefficient (Wildman–Crippen LogP) is 2.82. The van der Waals surface area contributed by atoms with E-state index < -0.39 is 11.7 Å². The van der Waals surface area contributed by atoms with Crippen molar-refractivity contribution in [3.8, 4) is 5.75 Å². The van der Waals surface area contributed by atoms with Crippen molar-refractivity contribution in [2.45, 2.75) is 45.8 Å². The predicted molar refractivity (Wildman–Crippen MR) is 132 cm³/mol. The Labute approximate surface area is 201 Å². The molecular weight excluding hydrogens is 513 g/mol. The van der Waals surface area contributed by atoms with Gasteiger partial charge in [-0.2, -0.15) is 0 Å². The summed E-state index contributed by atoms with van der Waals surface area (Å²) in [7, 11) is 1.73. The van der Waals surface area contributed by atoms with Gasteiger partial charge in [0.05, 0.1) is 12.6 Å². The molecule has 3 N–H and O–H groups in total. The van der Waals surface area contributed by atoms with E-state index in [1.165, 1.54) is 6.92 Å². The molecule has 0 bridgehead atoms. The summed E-state index contributed by atoms with van der Waals surface area (Å²) in [4.78, 5) is 29.5. The van der Waals surface area contributed by atoms with Crippen molar-refractivity contribution in [1.82, 2.24) is 15.5 Å². The molecular formula is C21H34IN5O4. The van der Waals surface area contributed by atoms with Crippen LogP contribution in [0.3, 0.4) is 0 Å². The van der Waals surface area contributed by atoms with Crippen LogP contribution in [0.4, 0.5) is 10.5 Å². The molecule has 2 amide bonds. The van der Waals surface area contributed by atoms with E-state index in [1.807, 2.05) is 39.0 Å². The first-order chi connectivity index (χ1) is 14.2. The lowest BCUT2D eigenvalue weighted by atomic mass is 10.2. The molecule has 1 atom stereocenters. The van der Waals surface area contributed by atoms with Gasteiger partial charge in [0.15, 0.2) is 5.96 Å². The molecule has 1 heterocycles. The maximum Gasteiger partial charge on any atom is 0.407 e. The van der Waals surface area contributed by atoms with Crippen LogP contribution in [0, 0.1) is 0 Å². The second-order valence-corrected chi connectivity index (χ2v) is 8.11. The fraction of sp³-hybridized carbons (Fsp3) is 0.571. The average Bonchev–Trinajstić information content (AvgIpc) is 3.08. The molecule has 0 spiro atoms. The highest BCUT2D eigenvalue weighted by molar-refractivity contribution is 14.0. The van der Waals surface area contributed by atoms with Gasteiger partial charge in [-0.1, -0.05) is 6.07 Å². The van der Waals surface area contributed by atoms with E-state index in [2.05, 4.69) is 25.8 Å². The Hall–Kier alpha value is -2.24. The zero-order chi connectivity index (χ0) is 22.1. The standard InChI is InChI=1S/C21H33N5O4.HI/c1-15(27)24-16-7-6-8-18(13-16)29-12-10-23-19(22-5)26-11-9-17(14-26)25-20(28)30-21(2,3)4;/h6-8,13,17H,9-12,14H2,1-5H3,(H,22,23)(H,24,27)(H,25,28);1H. The van der Waals surface area contributed by atoms with Crippen LogP contribution >= 0.6 is 24.0 Å². The SMILES string of the molecule is CN=C(NCCOc1cccc(NC(C)=O)c1)N1CCC(NC(=O)OC(C)(C)C)C1.I. The number of guanidine groups is 1. The first-order valence-electron chi connectivity index (χ1n) is 10.1. The monoisotopic (exact) mass is 547 g/mol. The summed E-state index contributed by atoms with van der Waals surface area (Å²) in [5, 5.41) is 8.92. The Morgan fingerprint density at radius 2 is 2.03 bits per heavy atom. The van der Waals surface area contributed by atoms with Crippen LogP contribution < -0.4 is 20.7 Å². The van der Waals surface area contributed by atoms with Gasteiger partial charge in [-0.3, -0.25) is 9.79 Å². The van der Waals surface area contributed by atoms with Crippen LogP contribution in [0.25, 0.3) is 0 Å². The van der Waals surface area contributed by atoms with Crippen LogP contribution in [0.5, 0.6) is 5.75 Å². The van der Waals surface area contributed by atoms with Crippen molar-refractivity contribution < 1.29 is 19.1 Å². The van der Waals surface area contributed by atoms with Gasteiger partial charge in [0.2, 0.25) is 5.91 Å². The molecule has 0 aliphatic carbocycles. The highest BCUT2D eigenvalue weighted by Gasteiger charge is 2.27. The van der Waals surface area contributed by atoms with Gasteiger partial charge in [-0.05, 0) is 39.3 Å². The number of hydrogen-bond acceptors (Lipinski definition) is 5. The van der Waals surface area contributed by atoms with Crippen molar-refractivity contribution >= 4 is 47.6 Å². The Morgan fingerprint density at radius 1 is 1.29 bits per heavy atom. The molecule has 0 aromatic heterocycles. The van der Waals surface area contributed by atoms with E-state index in [-0.39, 0.29) is 35.9 Å². The largest absolute Gasteiger partial charge is 0.492 e. The summed E-state index contributed by atoms with van der Waals surface area (Å²) in [5.74, 6) is 1.32. The first-order valence-corrected chi connectivity index (χ1v) is 10.1. The topological polar surface area (TPSA) is 104 Å². The highest BCUT2D eigenvalue weighted by Crippen LogP contribution is 2.17. The molecule has 1 fully saturated rings. The molecule has 1 aliphatic heterocycles. The molecule has 1 unspecified atom stereocenters. The molecule has 1 aliphatic rings. The summed E-state index contributed by atoms with van der Waals surface area (Å²) in [6.07, 6.45) is 0.430. The number of halogens is 1. The molecule has 1 saturated heterocycles. The minimum absolute atomic E-state index is 0. The van der Waals surface area contributed by atoms with Crippen LogP contribution in [-0.4, -0.2) is 67.8 Å². The summed E-state index contributed by atoms with van der Waals surface area (Å²) in [6, 6.07) is 7.28. The number of hydrogen-bond donors (Lipinski definition) is 3. The van der Waals surface area contributed by atoms with Crippen LogP contribution in [0.1, 0.15) is 34.1 Å². The van der Waals surface area contributed by atoms with Gasteiger partial charge in [-0.25, -0.2) is 4.79 Å². The summed E-state index contributed by atoms with van der Waals surface area (Å²) in [5.41, 5.74) is 0.186. The lowest BCUT2D eigenvalue weighted by Crippen LogP contribution is -2.44. The Balaban J connectivity index is 0.00000480. The number of alkyl carbamates (subject to hydrolysis) is 1. The van der Waals surface area contributed by atoms with Crippen LogP contribution in [0.15, 0.2) is 29.3 Å². The van der Waals surface area contributed by atoms with Crippen molar-refractivity contribution in [2.75, 3.05) is 38.6 Å². The van der Waals surface area contributed by atoms with Gasteiger partial charge < -0.3 is 30.3 Å². The highest BCUT2D eigenvalue weighted by atomic mass is 127. The minimum Gasteiger partial charge on any atom is -0.492 e. The zero-order valence-electron chi connectivity index (χ0n) is 18.9. The van der Waals surface area contributed by atoms with Gasteiger partial charge in [0.25, 0.3) is 0 Å². The minimum atomic E-state index is -0.512. The normalized spacial score (nSPS) is 16.2. The molecule has 31 heavy (non-hydrogen) atoms. The number of anilines is 1. The van der Waals surface area contributed by atoms with Gasteiger partial charge >= 0.3 is 6.09 Å². The summed E-state index contributed by atoms with van der Waals surface area (Å²) >= 11 is 0. The lowest BCUT2D eigenvalue weighted by Gasteiger charge is -2.23. The third-order valence-corrected chi connectivity index (χ3v) is 4.23. The number of nitrogens with one attached hydrogen (secondary N) is 3. The van der Waals surface area contributed by atoms with E-state index in [9.17, 15) is 9.59 Å². The molecule has 1 aromatic carbocycles. The average molecular weight is 547 g/mol. The van der Waals surface area contributed by atoms with Crippen LogP contribution in [-0.2, 0) is 9.53 Å². The molecule has 9 nitrogen and oxygen atoms in total. The number of nitrogens with zero attached hydrogens (tertiary/aromatic N) is 2. The number of rotatable bonds is 6. The summed E-state index contributed by atoms with van der Waals surface area (Å²) < 4.78 is 11.1. The van der Waals surface area contributed by atoms with E-state index in [4.69, 9.17) is 9.47 Å². The number of aliphatic imine (C=N–C) groups is 1. The van der Waals surface area contributed by atoms with E-state index in [0.29, 0.717) is 31.1 Å². The second kappa shape index (κ2) is 12.6. The van der Waals surface area contributed by atoms with Crippen molar-refractivity contribution in [3.05, 3.63) is 24.3 Å². The number of ether oxygens (including phenoxy) is 2. The third kappa shape index (κ3) is 10.1. The molecule has 0 radical (unpaired) electrons. The number of carbonyl (C=O) groups excluding carboxylic acids is 2. The Bertz CT molecular complexity index is 766. The van der Waals surface area contributed by atoms with Crippen LogP contribution in [0.2, 0.25) is 0 Å². The van der Waals surface area contributed by atoms with Crippen molar-refractivity contribution in [1.29, 1.82) is 0 Å². The molecule has 10 heteroatoms. The molecule has 0 saturated carbocycles. The van der Waals surface area contributed by atoms with Gasteiger partial charge in [0.1, 0.15) is 18.0 Å². The quantitative estimate of drug-likeness (QED) is 0.219. The van der Waals surface area contributed by atoms with Crippen molar-refractivity contribution in [3.63, 3.8) is 0 Å². The molecule has 1 aromatic rings. The number of likely N-dealkylation sites (tertiary alicyclic amines) is 1. The summed E-state index contributed by atoms with van der Waals surface area (Å²) in [6.45, 7) is 9.47. The number of benzene rings is 1. The maximum atomic E-state index is 12.0. The first kappa shape index (κ1) is 26.8. The fourth-order valence-electron chi connectivity index (χ4n) is 3.08. The van der Waals surface area contributed by atoms with Crippen molar-refractivity contribution in [2.24, 2.45) is 4.99 Å². The Kier molecular flexibility index (Phi) is 10.9. The van der Waals surface area contributed by atoms with Gasteiger partial charge in [-0.15, -0.1) is 24.0 Å². The zero-order valence-corrected chi connectivity index (χ0v) is 21.2. The lowest BCUT2D eigenvalue weighted by molar-refractivity contribution is -0.114. The fourth-order valence-corrected chi connectivity index (χ4v) is 3.08. The Morgan fingerprint density at radius 3 is 2.68 bits per heavy atom. The number of amides is 2. The van der Waals surface area contributed by atoms with E-state index in [1.54, 1.807) is 13.1 Å². The van der Waals surface area contributed by atoms with Gasteiger partial charge in [0, 0.05) is 38.8 Å². The second-order valence-electron chi connectivity index (χ2n) is 8.11. The smallest absolute Gasteiger partial charge is 0.407 e. The number of carbonyl (C=O) groups is 2. The molecule has 2 rings (SSSR count). The van der Waals surface area contributed by atoms with E-state index >= 15 is 0 Å². The maximum absolute atomic E-state index is 12.0.